The summed E-state index contributed by atoms with van der Waals surface area (Å²) in [6.45, 7) is 4.17. The first-order chi connectivity index (χ1) is 8.11. The number of nitrogens with two attached hydrogens (primary N) is 1. The number of ether oxygens (including phenoxy) is 2. The molecule has 0 aromatic heterocycles. The van der Waals surface area contributed by atoms with Crippen molar-refractivity contribution in [3.8, 4) is 5.75 Å². The Labute approximate surface area is 102 Å². The Hall–Kier alpha value is -1.71. The van der Waals surface area contributed by atoms with Gasteiger partial charge in [-0.25, -0.2) is 0 Å². The standard InChI is InChI=1S/C13H19NO3/c1-3-10(2)17-13(15)8-9-16-12-6-4-11(14)5-7-12/h4-7,10H,3,8-9,14H2,1-2H3. The first-order valence-corrected chi connectivity index (χ1v) is 5.79. The van der Waals surface area contributed by atoms with Crippen molar-refractivity contribution >= 4 is 11.7 Å². The zero-order chi connectivity index (χ0) is 12.7. The maximum atomic E-state index is 11.3. The van der Waals surface area contributed by atoms with E-state index in [2.05, 4.69) is 0 Å². The molecule has 1 rings (SSSR count). The summed E-state index contributed by atoms with van der Waals surface area (Å²) in [7, 11) is 0. The first kappa shape index (κ1) is 13.4. The lowest BCUT2D eigenvalue weighted by Gasteiger charge is -2.11. The Kier molecular flexibility index (Phi) is 5.33. The largest absolute Gasteiger partial charge is 0.493 e. The molecule has 2 N–H and O–H groups in total. The number of benzene rings is 1. The third kappa shape index (κ3) is 5.24. The molecule has 1 aromatic carbocycles. The summed E-state index contributed by atoms with van der Waals surface area (Å²) in [6.07, 6.45) is 1.05. The van der Waals surface area contributed by atoms with Crippen LogP contribution in [0, 0.1) is 0 Å². The van der Waals surface area contributed by atoms with Gasteiger partial charge in [-0.2, -0.15) is 0 Å². The van der Waals surface area contributed by atoms with Gasteiger partial charge in [-0.3, -0.25) is 4.79 Å². The predicted molar refractivity (Wildman–Crippen MR) is 66.8 cm³/mol. The number of esters is 1. The highest BCUT2D eigenvalue weighted by Gasteiger charge is 2.07. The van der Waals surface area contributed by atoms with Crippen molar-refractivity contribution in [2.45, 2.75) is 32.8 Å². The van der Waals surface area contributed by atoms with Crippen molar-refractivity contribution in [3.05, 3.63) is 24.3 Å². The fraction of sp³-hybridized carbons (Fsp3) is 0.462. The van der Waals surface area contributed by atoms with Crippen LogP contribution in [0.3, 0.4) is 0 Å². The van der Waals surface area contributed by atoms with Gasteiger partial charge in [0.05, 0.1) is 19.1 Å². The Morgan fingerprint density at radius 2 is 2.00 bits per heavy atom. The van der Waals surface area contributed by atoms with Crippen molar-refractivity contribution in [3.63, 3.8) is 0 Å². The lowest BCUT2D eigenvalue weighted by atomic mass is 10.3. The van der Waals surface area contributed by atoms with Crippen LogP contribution in [0.15, 0.2) is 24.3 Å². The second-order valence-corrected chi connectivity index (χ2v) is 3.88. The third-order valence-electron chi connectivity index (χ3n) is 2.36. The van der Waals surface area contributed by atoms with Crippen molar-refractivity contribution in [1.82, 2.24) is 0 Å². The maximum absolute atomic E-state index is 11.3. The molecule has 4 heteroatoms. The molecule has 0 heterocycles. The summed E-state index contributed by atoms with van der Waals surface area (Å²) in [6, 6.07) is 7.06. The van der Waals surface area contributed by atoms with Gasteiger partial charge in [0.2, 0.25) is 0 Å². The molecule has 0 fully saturated rings. The zero-order valence-corrected chi connectivity index (χ0v) is 10.3. The highest BCUT2D eigenvalue weighted by Crippen LogP contribution is 2.13. The van der Waals surface area contributed by atoms with Gasteiger partial charge >= 0.3 is 5.97 Å². The summed E-state index contributed by atoms with van der Waals surface area (Å²) < 4.78 is 10.5. The van der Waals surface area contributed by atoms with E-state index in [0.717, 1.165) is 6.42 Å². The topological polar surface area (TPSA) is 61.5 Å². The molecule has 0 saturated heterocycles. The van der Waals surface area contributed by atoms with Crippen molar-refractivity contribution in [1.29, 1.82) is 0 Å². The van der Waals surface area contributed by atoms with Gasteiger partial charge in [0, 0.05) is 5.69 Å². The monoisotopic (exact) mass is 237 g/mol. The van der Waals surface area contributed by atoms with E-state index in [9.17, 15) is 4.79 Å². The van der Waals surface area contributed by atoms with Gasteiger partial charge in [0.25, 0.3) is 0 Å². The second-order valence-electron chi connectivity index (χ2n) is 3.88. The number of carbonyl (C=O) groups is 1. The molecule has 0 amide bonds. The van der Waals surface area contributed by atoms with Crippen molar-refractivity contribution in [2.24, 2.45) is 0 Å². The van der Waals surface area contributed by atoms with Gasteiger partial charge in [-0.1, -0.05) is 6.92 Å². The summed E-state index contributed by atoms with van der Waals surface area (Å²) in [5.74, 6) is 0.477. The van der Waals surface area contributed by atoms with Gasteiger partial charge in [-0.15, -0.1) is 0 Å². The van der Waals surface area contributed by atoms with E-state index in [0.29, 0.717) is 18.0 Å². The molecule has 0 aliphatic heterocycles. The Morgan fingerprint density at radius 3 is 2.59 bits per heavy atom. The van der Waals surface area contributed by atoms with Crippen LogP contribution in [0.1, 0.15) is 26.7 Å². The van der Waals surface area contributed by atoms with Crippen molar-refractivity contribution < 1.29 is 14.3 Å². The molecule has 0 spiro atoms. The maximum Gasteiger partial charge on any atom is 0.309 e. The van der Waals surface area contributed by atoms with E-state index in [4.69, 9.17) is 15.2 Å². The number of hydrogen-bond acceptors (Lipinski definition) is 4. The molecule has 0 bridgehead atoms. The molecule has 0 radical (unpaired) electrons. The van der Waals surface area contributed by atoms with Crippen LogP contribution in [0.25, 0.3) is 0 Å². The molecule has 17 heavy (non-hydrogen) atoms. The van der Waals surface area contributed by atoms with Crippen LogP contribution in [0.2, 0.25) is 0 Å². The molecule has 1 atom stereocenters. The van der Waals surface area contributed by atoms with Crippen LogP contribution in [-0.4, -0.2) is 18.7 Å². The average Bonchev–Trinajstić information content (AvgIpc) is 2.31. The predicted octanol–water partition coefficient (Wildman–Crippen LogP) is 2.38. The van der Waals surface area contributed by atoms with E-state index in [1.54, 1.807) is 24.3 Å². The quantitative estimate of drug-likeness (QED) is 0.609. The van der Waals surface area contributed by atoms with Crippen molar-refractivity contribution in [2.75, 3.05) is 12.3 Å². The van der Waals surface area contributed by atoms with Gasteiger partial charge in [0.15, 0.2) is 0 Å². The lowest BCUT2D eigenvalue weighted by molar-refractivity contribution is -0.148. The van der Waals surface area contributed by atoms with E-state index in [1.807, 2.05) is 13.8 Å². The van der Waals surface area contributed by atoms with E-state index in [-0.39, 0.29) is 18.5 Å². The normalized spacial score (nSPS) is 11.9. The average molecular weight is 237 g/mol. The summed E-state index contributed by atoms with van der Waals surface area (Å²) in [4.78, 5) is 11.3. The number of anilines is 1. The molecule has 0 saturated carbocycles. The number of carbonyl (C=O) groups excluding carboxylic acids is 1. The zero-order valence-electron chi connectivity index (χ0n) is 10.3. The molecular weight excluding hydrogens is 218 g/mol. The minimum Gasteiger partial charge on any atom is -0.493 e. The molecule has 4 nitrogen and oxygen atoms in total. The van der Waals surface area contributed by atoms with Crippen LogP contribution >= 0.6 is 0 Å². The number of nitrogen functional groups attached to an aromatic ring is 1. The van der Waals surface area contributed by atoms with Crippen LogP contribution in [0.5, 0.6) is 5.75 Å². The highest BCUT2D eigenvalue weighted by molar-refractivity contribution is 5.69. The van der Waals surface area contributed by atoms with E-state index < -0.39 is 0 Å². The molecule has 0 aliphatic carbocycles. The minimum atomic E-state index is -0.227. The van der Waals surface area contributed by atoms with Gasteiger partial charge < -0.3 is 15.2 Å². The van der Waals surface area contributed by atoms with Gasteiger partial charge in [-0.05, 0) is 37.6 Å². The fourth-order valence-corrected chi connectivity index (χ4v) is 1.18. The first-order valence-electron chi connectivity index (χ1n) is 5.79. The lowest BCUT2D eigenvalue weighted by Crippen LogP contribution is -2.16. The molecule has 94 valence electrons. The number of rotatable bonds is 6. The van der Waals surface area contributed by atoms with Crippen LogP contribution in [0.4, 0.5) is 5.69 Å². The Balaban J connectivity index is 2.23. The van der Waals surface area contributed by atoms with E-state index in [1.165, 1.54) is 0 Å². The van der Waals surface area contributed by atoms with Gasteiger partial charge in [0.1, 0.15) is 5.75 Å². The Morgan fingerprint density at radius 1 is 1.35 bits per heavy atom. The Bertz CT molecular complexity index is 348. The minimum absolute atomic E-state index is 0.0287. The summed E-state index contributed by atoms with van der Waals surface area (Å²) in [5, 5.41) is 0. The number of hydrogen-bond donors (Lipinski definition) is 1. The third-order valence-corrected chi connectivity index (χ3v) is 2.36. The smallest absolute Gasteiger partial charge is 0.309 e. The summed E-state index contributed by atoms with van der Waals surface area (Å²) in [5.41, 5.74) is 6.23. The SMILES string of the molecule is CCC(C)OC(=O)CCOc1ccc(N)cc1. The highest BCUT2D eigenvalue weighted by atomic mass is 16.5. The molecular formula is C13H19NO3. The van der Waals surface area contributed by atoms with Crippen LogP contribution in [-0.2, 0) is 9.53 Å². The van der Waals surface area contributed by atoms with Crippen LogP contribution < -0.4 is 10.5 Å². The second kappa shape index (κ2) is 6.78. The molecule has 0 aliphatic rings. The fourth-order valence-electron chi connectivity index (χ4n) is 1.18. The molecule has 1 unspecified atom stereocenters. The summed E-state index contributed by atoms with van der Waals surface area (Å²) >= 11 is 0. The molecule has 1 aromatic rings. The van der Waals surface area contributed by atoms with E-state index >= 15 is 0 Å².